The fourth-order valence-corrected chi connectivity index (χ4v) is 5.75. The Bertz CT molecular complexity index is 829. The zero-order valence-electron chi connectivity index (χ0n) is 17.7. The molecule has 1 aromatic rings. The minimum Gasteiger partial charge on any atom is -0.332 e. The van der Waals surface area contributed by atoms with E-state index in [1.807, 2.05) is 4.90 Å². The molecule has 2 aliphatic carbocycles. The molecule has 0 bridgehead atoms. The second kappa shape index (κ2) is 7.86. The Kier molecular flexibility index (Phi) is 5.23. The van der Waals surface area contributed by atoms with Crippen LogP contribution in [-0.2, 0) is 17.8 Å². The summed E-state index contributed by atoms with van der Waals surface area (Å²) in [5, 5.41) is 0. The highest BCUT2D eigenvalue weighted by molar-refractivity contribution is 5.82. The Morgan fingerprint density at radius 2 is 1.83 bits per heavy atom. The second-order valence-corrected chi connectivity index (χ2v) is 9.75. The third-order valence-electron chi connectivity index (χ3n) is 7.74. The maximum absolute atomic E-state index is 13.0. The highest BCUT2D eigenvalue weighted by atomic mass is 16.2. The van der Waals surface area contributed by atoms with E-state index in [0.29, 0.717) is 12.0 Å². The summed E-state index contributed by atoms with van der Waals surface area (Å²) >= 11 is 0. The molecule has 29 heavy (non-hydrogen) atoms. The van der Waals surface area contributed by atoms with Crippen molar-refractivity contribution >= 4 is 5.91 Å². The van der Waals surface area contributed by atoms with Crippen LogP contribution in [0.25, 0.3) is 0 Å². The largest absolute Gasteiger partial charge is 0.332 e. The van der Waals surface area contributed by atoms with Gasteiger partial charge in [-0.05, 0) is 50.9 Å². The van der Waals surface area contributed by atoms with Crippen LogP contribution in [-0.4, -0.2) is 44.8 Å². The minimum atomic E-state index is -0.0629. The van der Waals surface area contributed by atoms with Crippen LogP contribution in [0.1, 0.15) is 87.8 Å². The topological polar surface area (TPSA) is 69.3 Å². The van der Waals surface area contributed by atoms with E-state index in [-0.39, 0.29) is 23.4 Å². The Labute approximate surface area is 173 Å². The van der Waals surface area contributed by atoms with E-state index in [4.69, 9.17) is 4.98 Å². The Morgan fingerprint density at radius 1 is 1.07 bits per heavy atom. The number of aromatic nitrogens is 2. The van der Waals surface area contributed by atoms with Crippen LogP contribution in [0, 0.1) is 11.8 Å². The zero-order valence-corrected chi connectivity index (χ0v) is 17.7. The predicted octanol–water partition coefficient (Wildman–Crippen LogP) is 3.17. The summed E-state index contributed by atoms with van der Waals surface area (Å²) < 4.78 is 0. The highest BCUT2D eigenvalue weighted by Crippen LogP contribution is 2.42. The van der Waals surface area contributed by atoms with Gasteiger partial charge in [-0.1, -0.05) is 26.2 Å². The molecule has 1 amide bonds. The Morgan fingerprint density at radius 3 is 2.59 bits per heavy atom. The number of hydrogen-bond donors (Lipinski definition) is 1. The van der Waals surface area contributed by atoms with Crippen molar-refractivity contribution in [1.29, 1.82) is 0 Å². The van der Waals surface area contributed by atoms with Crippen molar-refractivity contribution < 1.29 is 4.79 Å². The minimum absolute atomic E-state index is 0.0195. The van der Waals surface area contributed by atoms with Gasteiger partial charge in [0.25, 0.3) is 5.56 Å². The van der Waals surface area contributed by atoms with Gasteiger partial charge in [0, 0.05) is 37.2 Å². The van der Waals surface area contributed by atoms with Crippen LogP contribution in [0.3, 0.4) is 0 Å². The molecule has 3 atom stereocenters. The van der Waals surface area contributed by atoms with E-state index in [0.717, 1.165) is 68.8 Å². The summed E-state index contributed by atoms with van der Waals surface area (Å²) in [6.07, 6.45) is 11.4. The van der Waals surface area contributed by atoms with Gasteiger partial charge in [-0.2, -0.15) is 0 Å². The molecule has 0 unspecified atom stereocenters. The van der Waals surface area contributed by atoms with Gasteiger partial charge in [0.1, 0.15) is 5.82 Å². The molecule has 1 N–H and O–H groups in total. The number of amides is 1. The molecule has 4 aliphatic rings. The van der Waals surface area contributed by atoms with Crippen molar-refractivity contribution in [3.8, 4) is 0 Å². The lowest BCUT2D eigenvalue weighted by Gasteiger charge is -2.38. The molecule has 158 valence electrons. The lowest BCUT2D eigenvalue weighted by Crippen LogP contribution is -2.44. The Hall–Kier alpha value is -1.69. The summed E-state index contributed by atoms with van der Waals surface area (Å²) in [6, 6.07) is 0.581. The van der Waals surface area contributed by atoms with Gasteiger partial charge in [0.15, 0.2) is 0 Å². The standard InChI is InChI=1S/C23H34N4O2/c1-15-13-18(15)23(29)27-11-6-5-9-20(27)21-24-19-14-26(16-7-3-2-4-8-16)12-10-17(19)22(28)25-21/h15-16,18,20H,2-14H2,1H3,(H,24,25,28)/t15-,18+,20-/m1/s1. The molecule has 6 nitrogen and oxygen atoms in total. The van der Waals surface area contributed by atoms with Crippen LogP contribution < -0.4 is 5.56 Å². The number of hydrogen-bond acceptors (Lipinski definition) is 4. The van der Waals surface area contributed by atoms with Crippen LogP contribution in [0.5, 0.6) is 0 Å². The van der Waals surface area contributed by atoms with Crippen molar-refractivity contribution in [3.63, 3.8) is 0 Å². The lowest BCUT2D eigenvalue weighted by atomic mass is 9.92. The second-order valence-electron chi connectivity index (χ2n) is 9.75. The normalized spacial score (nSPS) is 30.8. The molecule has 6 heteroatoms. The number of nitrogens with one attached hydrogen (secondary N) is 1. The Balaban J connectivity index is 1.40. The quantitative estimate of drug-likeness (QED) is 0.849. The zero-order chi connectivity index (χ0) is 20.0. The molecule has 0 radical (unpaired) electrons. The van der Waals surface area contributed by atoms with E-state index < -0.39 is 0 Å². The predicted molar refractivity (Wildman–Crippen MR) is 111 cm³/mol. The molecule has 2 saturated carbocycles. The molecule has 2 aliphatic heterocycles. The molecular weight excluding hydrogens is 364 g/mol. The summed E-state index contributed by atoms with van der Waals surface area (Å²) in [5.74, 6) is 1.68. The lowest BCUT2D eigenvalue weighted by molar-refractivity contribution is -0.137. The van der Waals surface area contributed by atoms with Crippen molar-refractivity contribution in [3.05, 3.63) is 27.4 Å². The molecular formula is C23H34N4O2. The number of aromatic amines is 1. The van der Waals surface area contributed by atoms with Crippen LogP contribution in [0.15, 0.2) is 4.79 Å². The number of piperidine rings is 1. The smallest absolute Gasteiger partial charge is 0.254 e. The third kappa shape index (κ3) is 3.76. The maximum atomic E-state index is 13.0. The summed E-state index contributed by atoms with van der Waals surface area (Å²) in [4.78, 5) is 38.5. The van der Waals surface area contributed by atoms with E-state index in [2.05, 4.69) is 16.8 Å². The van der Waals surface area contributed by atoms with E-state index in [9.17, 15) is 9.59 Å². The van der Waals surface area contributed by atoms with Crippen molar-refractivity contribution in [1.82, 2.24) is 19.8 Å². The van der Waals surface area contributed by atoms with Gasteiger partial charge in [-0.15, -0.1) is 0 Å². The average Bonchev–Trinajstić information content (AvgIpc) is 3.50. The first kappa shape index (κ1) is 19.3. The van der Waals surface area contributed by atoms with E-state index in [1.165, 1.54) is 32.1 Å². The SMILES string of the molecule is C[C@@H]1C[C@@H]1C(=O)N1CCCC[C@@H]1c1nc2c(c(=O)[nH]1)CCN(C1CCCCC1)C2. The van der Waals surface area contributed by atoms with Crippen molar-refractivity contribution in [2.75, 3.05) is 13.1 Å². The average molecular weight is 399 g/mol. The number of likely N-dealkylation sites (tertiary alicyclic amines) is 1. The van der Waals surface area contributed by atoms with Crippen molar-refractivity contribution in [2.24, 2.45) is 11.8 Å². The molecule has 1 aromatic heterocycles. The summed E-state index contributed by atoms with van der Waals surface area (Å²) in [5.41, 5.74) is 1.84. The fourth-order valence-electron chi connectivity index (χ4n) is 5.75. The van der Waals surface area contributed by atoms with Gasteiger partial charge < -0.3 is 9.88 Å². The summed E-state index contributed by atoms with van der Waals surface area (Å²) in [6.45, 7) is 4.70. The van der Waals surface area contributed by atoms with Crippen molar-refractivity contribution in [2.45, 2.75) is 89.8 Å². The number of fused-ring (bicyclic) bond motifs is 1. The highest BCUT2D eigenvalue weighted by Gasteiger charge is 2.44. The monoisotopic (exact) mass is 398 g/mol. The van der Waals surface area contributed by atoms with Gasteiger partial charge in [-0.3, -0.25) is 14.5 Å². The third-order valence-corrected chi connectivity index (χ3v) is 7.74. The molecule has 3 fully saturated rings. The first-order valence-corrected chi connectivity index (χ1v) is 11.8. The summed E-state index contributed by atoms with van der Waals surface area (Å²) in [7, 11) is 0. The molecule has 0 aromatic carbocycles. The van der Waals surface area contributed by atoms with Crippen LogP contribution in [0.2, 0.25) is 0 Å². The number of carbonyl (C=O) groups is 1. The molecule has 5 rings (SSSR count). The van der Waals surface area contributed by atoms with E-state index in [1.54, 1.807) is 0 Å². The molecule has 1 saturated heterocycles. The van der Waals surface area contributed by atoms with Gasteiger partial charge in [-0.25, -0.2) is 4.98 Å². The number of nitrogens with zero attached hydrogens (tertiary/aromatic N) is 3. The fraction of sp³-hybridized carbons (Fsp3) is 0.783. The number of carbonyl (C=O) groups excluding carboxylic acids is 1. The van der Waals surface area contributed by atoms with Gasteiger partial charge >= 0.3 is 0 Å². The first-order chi connectivity index (χ1) is 14.1. The first-order valence-electron chi connectivity index (χ1n) is 11.8. The number of H-pyrrole nitrogens is 1. The van der Waals surface area contributed by atoms with E-state index >= 15 is 0 Å². The van der Waals surface area contributed by atoms with Crippen LogP contribution in [0.4, 0.5) is 0 Å². The number of rotatable bonds is 3. The van der Waals surface area contributed by atoms with Gasteiger partial charge in [0.05, 0.1) is 11.7 Å². The molecule has 0 spiro atoms. The van der Waals surface area contributed by atoms with Crippen LogP contribution >= 0.6 is 0 Å². The maximum Gasteiger partial charge on any atom is 0.254 e. The van der Waals surface area contributed by atoms with Gasteiger partial charge in [0.2, 0.25) is 5.91 Å². The molecule has 3 heterocycles.